The first-order chi connectivity index (χ1) is 9.02. The summed E-state index contributed by atoms with van der Waals surface area (Å²) in [7, 11) is 1.83. The molecule has 1 fully saturated rings. The number of hydrogen-bond donors (Lipinski definition) is 1. The summed E-state index contributed by atoms with van der Waals surface area (Å²) in [6, 6.07) is 1.48. The van der Waals surface area contributed by atoms with Gasteiger partial charge in [0.05, 0.1) is 0 Å². The van der Waals surface area contributed by atoms with Crippen LogP contribution in [0, 0.1) is 23.4 Å². The van der Waals surface area contributed by atoms with E-state index in [1.165, 1.54) is 4.90 Å². The van der Waals surface area contributed by atoms with Gasteiger partial charge in [0.25, 0.3) is 5.91 Å². The highest BCUT2D eigenvalue weighted by Gasteiger charge is 2.27. The molecule has 19 heavy (non-hydrogen) atoms. The van der Waals surface area contributed by atoms with Crippen molar-refractivity contribution in [3.05, 3.63) is 35.1 Å². The molecule has 1 aliphatic heterocycles. The summed E-state index contributed by atoms with van der Waals surface area (Å²) in [5.41, 5.74) is -0.151. The second-order valence-corrected chi connectivity index (χ2v) is 4.72. The number of hydrogen-bond acceptors (Lipinski definition) is 2. The largest absolute Gasteiger partial charge is 0.338 e. The summed E-state index contributed by atoms with van der Waals surface area (Å²) in [5, 5.41) is 3.03. The predicted molar refractivity (Wildman–Crippen MR) is 64.3 cm³/mol. The van der Waals surface area contributed by atoms with Crippen LogP contribution in [-0.4, -0.2) is 37.5 Å². The molecule has 0 radical (unpaired) electrons. The minimum absolute atomic E-state index is 0.151. The third kappa shape index (κ3) is 2.89. The minimum Gasteiger partial charge on any atom is -0.338 e. The van der Waals surface area contributed by atoms with Crippen molar-refractivity contribution in [2.45, 2.75) is 6.42 Å². The van der Waals surface area contributed by atoms with Crippen LogP contribution in [0.25, 0.3) is 0 Å². The molecule has 1 N–H and O–H groups in total. The number of halogens is 3. The predicted octanol–water partition coefficient (Wildman–Crippen LogP) is 1.79. The van der Waals surface area contributed by atoms with Gasteiger partial charge in [0.1, 0.15) is 0 Å². The lowest BCUT2D eigenvalue weighted by atomic mass is 10.1. The van der Waals surface area contributed by atoms with Crippen LogP contribution >= 0.6 is 0 Å². The molecule has 0 saturated carbocycles. The number of benzene rings is 1. The fourth-order valence-electron chi connectivity index (χ4n) is 2.33. The number of likely N-dealkylation sites (tertiary alicyclic amines) is 1. The Balaban J connectivity index is 2.13. The summed E-state index contributed by atoms with van der Waals surface area (Å²) in [6.07, 6.45) is 0.846. The molecular weight excluding hydrogens is 257 g/mol. The van der Waals surface area contributed by atoms with Crippen LogP contribution in [0.4, 0.5) is 13.2 Å². The molecule has 1 heterocycles. The highest BCUT2D eigenvalue weighted by molar-refractivity contribution is 5.94. The molecule has 1 aromatic rings. The van der Waals surface area contributed by atoms with Crippen molar-refractivity contribution in [3.8, 4) is 0 Å². The second kappa shape index (κ2) is 5.61. The van der Waals surface area contributed by atoms with Crippen molar-refractivity contribution in [2.75, 3.05) is 26.7 Å². The number of nitrogens with zero attached hydrogens (tertiary/aromatic N) is 1. The topological polar surface area (TPSA) is 32.3 Å². The number of carbonyl (C=O) groups is 1. The summed E-state index contributed by atoms with van der Waals surface area (Å²) >= 11 is 0. The maximum absolute atomic E-state index is 13.1. The van der Waals surface area contributed by atoms with Gasteiger partial charge in [0.2, 0.25) is 0 Å². The van der Waals surface area contributed by atoms with E-state index >= 15 is 0 Å². The van der Waals surface area contributed by atoms with E-state index in [0.29, 0.717) is 19.0 Å². The van der Waals surface area contributed by atoms with Gasteiger partial charge in [-0.05, 0) is 38.1 Å². The lowest BCUT2D eigenvalue weighted by Gasteiger charge is -2.16. The molecule has 104 valence electrons. The molecule has 0 aliphatic carbocycles. The lowest BCUT2D eigenvalue weighted by Crippen LogP contribution is -2.30. The zero-order valence-corrected chi connectivity index (χ0v) is 10.5. The van der Waals surface area contributed by atoms with E-state index in [0.717, 1.165) is 25.1 Å². The van der Waals surface area contributed by atoms with E-state index in [-0.39, 0.29) is 5.56 Å². The average Bonchev–Trinajstić information content (AvgIpc) is 2.83. The van der Waals surface area contributed by atoms with Crippen molar-refractivity contribution < 1.29 is 18.0 Å². The SMILES string of the molecule is CNCC1CCN(C(=O)c2cc(F)c(F)c(F)c2)C1. The molecular formula is C13H15F3N2O. The fraction of sp³-hybridized carbons (Fsp3) is 0.462. The van der Waals surface area contributed by atoms with Gasteiger partial charge < -0.3 is 10.2 Å². The van der Waals surface area contributed by atoms with Gasteiger partial charge in [-0.1, -0.05) is 0 Å². The molecule has 2 rings (SSSR count). The summed E-state index contributed by atoms with van der Waals surface area (Å²) in [4.78, 5) is 13.6. The monoisotopic (exact) mass is 272 g/mol. The van der Waals surface area contributed by atoms with E-state index in [1.807, 2.05) is 7.05 Å². The Morgan fingerprint density at radius 2 is 2.00 bits per heavy atom. The van der Waals surface area contributed by atoms with E-state index in [9.17, 15) is 18.0 Å². The van der Waals surface area contributed by atoms with Crippen LogP contribution < -0.4 is 5.32 Å². The normalized spacial score (nSPS) is 18.9. The molecule has 1 atom stereocenters. The third-order valence-corrected chi connectivity index (χ3v) is 3.30. The number of amides is 1. The summed E-state index contributed by atoms with van der Waals surface area (Å²) < 4.78 is 39.0. The van der Waals surface area contributed by atoms with E-state index in [4.69, 9.17) is 0 Å². The van der Waals surface area contributed by atoms with Gasteiger partial charge in [-0.3, -0.25) is 4.79 Å². The van der Waals surface area contributed by atoms with Gasteiger partial charge in [0.15, 0.2) is 17.5 Å². The van der Waals surface area contributed by atoms with Crippen molar-refractivity contribution >= 4 is 5.91 Å². The maximum atomic E-state index is 13.1. The van der Waals surface area contributed by atoms with Crippen molar-refractivity contribution in [3.63, 3.8) is 0 Å². The van der Waals surface area contributed by atoms with Crippen LogP contribution in [0.3, 0.4) is 0 Å². The Morgan fingerprint density at radius 1 is 1.37 bits per heavy atom. The Labute approximate surface area is 109 Å². The molecule has 1 saturated heterocycles. The van der Waals surface area contributed by atoms with E-state index in [1.54, 1.807) is 0 Å². The highest BCUT2D eigenvalue weighted by atomic mass is 19.2. The lowest BCUT2D eigenvalue weighted by molar-refractivity contribution is 0.0786. The summed E-state index contributed by atoms with van der Waals surface area (Å²) in [6.45, 7) is 1.88. The zero-order valence-electron chi connectivity index (χ0n) is 10.5. The summed E-state index contributed by atoms with van der Waals surface area (Å²) in [5.74, 6) is -4.35. The van der Waals surface area contributed by atoms with Gasteiger partial charge in [-0.15, -0.1) is 0 Å². The second-order valence-electron chi connectivity index (χ2n) is 4.72. The minimum atomic E-state index is -1.55. The highest BCUT2D eigenvalue weighted by Crippen LogP contribution is 2.20. The maximum Gasteiger partial charge on any atom is 0.254 e. The van der Waals surface area contributed by atoms with Gasteiger partial charge in [0, 0.05) is 18.7 Å². The van der Waals surface area contributed by atoms with Gasteiger partial charge in [-0.2, -0.15) is 0 Å². The molecule has 1 aliphatic rings. The molecule has 1 unspecified atom stereocenters. The molecule has 1 aromatic carbocycles. The molecule has 3 nitrogen and oxygen atoms in total. The first-order valence-corrected chi connectivity index (χ1v) is 6.11. The standard InChI is InChI=1S/C13H15F3N2O/c1-17-6-8-2-3-18(7-8)13(19)9-4-10(14)12(16)11(15)5-9/h4-5,8,17H,2-3,6-7H2,1H3. The van der Waals surface area contributed by atoms with Crippen LogP contribution in [0.2, 0.25) is 0 Å². The number of nitrogens with one attached hydrogen (secondary N) is 1. The van der Waals surface area contributed by atoms with E-state index < -0.39 is 23.4 Å². The van der Waals surface area contributed by atoms with Crippen LogP contribution in [0.1, 0.15) is 16.8 Å². The zero-order chi connectivity index (χ0) is 14.0. The van der Waals surface area contributed by atoms with Gasteiger partial charge >= 0.3 is 0 Å². The van der Waals surface area contributed by atoms with Crippen molar-refractivity contribution in [1.82, 2.24) is 10.2 Å². The van der Waals surface area contributed by atoms with Gasteiger partial charge in [-0.25, -0.2) is 13.2 Å². The van der Waals surface area contributed by atoms with Crippen LogP contribution in [-0.2, 0) is 0 Å². The van der Waals surface area contributed by atoms with E-state index in [2.05, 4.69) is 5.32 Å². The van der Waals surface area contributed by atoms with Crippen LogP contribution in [0.15, 0.2) is 12.1 Å². The number of rotatable bonds is 3. The smallest absolute Gasteiger partial charge is 0.254 e. The molecule has 1 amide bonds. The Hall–Kier alpha value is -1.56. The molecule has 0 bridgehead atoms. The van der Waals surface area contributed by atoms with Crippen LogP contribution in [0.5, 0.6) is 0 Å². The van der Waals surface area contributed by atoms with Crippen molar-refractivity contribution in [1.29, 1.82) is 0 Å². The quantitative estimate of drug-likeness (QED) is 0.851. The third-order valence-electron chi connectivity index (χ3n) is 3.30. The Bertz CT molecular complexity index is 470. The Morgan fingerprint density at radius 3 is 2.58 bits per heavy atom. The number of carbonyl (C=O) groups excluding carboxylic acids is 1. The Kier molecular flexibility index (Phi) is 4.09. The molecule has 6 heteroatoms. The average molecular weight is 272 g/mol. The first kappa shape index (κ1) is 13.9. The first-order valence-electron chi connectivity index (χ1n) is 6.11. The molecule has 0 spiro atoms. The molecule has 0 aromatic heterocycles. The fourth-order valence-corrected chi connectivity index (χ4v) is 2.33. The van der Waals surface area contributed by atoms with Crippen molar-refractivity contribution in [2.24, 2.45) is 5.92 Å².